The molecular weight excluding hydrogens is 334 g/mol. The molecule has 6 heteroatoms. The number of aromatic nitrogens is 1. The predicted molar refractivity (Wildman–Crippen MR) is 96.0 cm³/mol. The minimum absolute atomic E-state index is 0.205. The van der Waals surface area contributed by atoms with E-state index >= 15 is 0 Å². The standard InChI is InChI=1S/C16H15NO2S3/c1-10-17-12(9-22-10)15(19)13(16(20-2)21-3)14(18)11-7-5-4-6-8-11/h4-9H,1-3H3. The molecule has 0 unspecified atom stereocenters. The van der Waals surface area contributed by atoms with E-state index < -0.39 is 0 Å². The fraction of sp³-hybridized carbons (Fsp3) is 0.188. The van der Waals surface area contributed by atoms with Crippen molar-refractivity contribution in [2.45, 2.75) is 6.92 Å². The lowest BCUT2D eigenvalue weighted by molar-refractivity contribution is 0.0960. The minimum Gasteiger partial charge on any atom is -0.288 e. The second-order valence-electron chi connectivity index (χ2n) is 4.35. The van der Waals surface area contributed by atoms with Crippen LogP contribution in [0, 0.1) is 6.92 Å². The molecule has 0 aliphatic heterocycles. The van der Waals surface area contributed by atoms with Crippen LogP contribution in [-0.2, 0) is 0 Å². The minimum atomic E-state index is -0.308. The van der Waals surface area contributed by atoms with Crippen LogP contribution < -0.4 is 0 Å². The first kappa shape index (κ1) is 17.0. The van der Waals surface area contributed by atoms with Gasteiger partial charge in [0.25, 0.3) is 0 Å². The normalized spacial score (nSPS) is 10.3. The van der Waals surface area contributed by atoms with Crippen molar-refractivity contribution >= 4 is 46.4 Å². The Morgan fingerprint density at radius 3 is 2.18 bits per heavy atom. The number of ketones is 2. The molecule has 0 N–H and O–H groups in total. The van der Waals surface area contributed by atoms with Crippen molar-refractivity contribution < 1.29 is 9.59 Å². The van der Waals surface area contributed by atoms with Gasteiger partial charge in [-0.3, -0.25) is 9.59 Å². The summed E-state index contributed by atoms with van der Waals surface area (Å²) in [4.78, 5) is 29.8. The van der Waals surface area contributed by atoms with Gasteiger partial charge in [-0.15, -0.1) is 34.9 Å². The molecule has 3 nitrogen and oxygen atoms in total. The van der Waals surface area contributed by atoms with Crippen LogP contribution in [0.5, 0.6) is 0 Å². The molecule has 0 spiro atoms. The van der Waals surface area contributed by atoms with Crippen LogP contribution in [0.3, 0.4) is 0 Å². The van der Waals surface area contributed by atoms with E-state index in [-0.39, 0.29) is 17.1 Å². The first-order chi connectivity index (χ1) is 10.6. The number of thiazole rings is 1. The van der Waals surface area contributed by atoms with Crippen LogP contribution in [0.25, 0.3) is 0 Å². The molecule has 114 valence electrons. The number of carbonyl (C=O) groups is 2. The van der Waals surface area contributed by atoms with Gasteiger partial charge in [-0.25, -0.2) is 4.98 Å². The van der Waals surface area contributed by atoms with Crippen LogP contribution >= 0.6 is 34.9 Å². The molecule has 2 aromatic rings. The smallest absolute Gasteiger partial charge is 0.217 e. The second kappa shape index (κ2) is 7.76. The molecule has 0 radical (unpaired) electrons. The zero-order chi connectivity index (χ0) is 16.1. The van der Waals surface area contributed by atoms with E-state index in [1.54, 1.807) is 29.6 Å². The summed E-state index contributed by atoms with van der Waals surface area (Å²) in [6, 6.07) is 8.87. The zero-order valence-corrected chi connectivity index (χ0v) is 14.9. The molecule has 0 aliphatic rings. The summed E-state index contributed by atoms with van der Waals surface area (Å²) in [5.41, 5.74) is 1.05. The molecule has 0 bridgehead atoms. The molecule has 0 amide bonds. The molecular formula is C16H15NO2S3. The second-order valence-corrected chi connectivity index (χ2v) is 7.30. The summed E-state index contributed by atoms with van der Waals surface area (Å²) in [7, 11) is 0. The maximum atomic E-state index is 12.8. The van der Waals surface area contributed by atoms with Crippen molar-refractivity contribution in [1.82, 2.24) is 4.98 Å². The maximum absolute atomic E-state index is 12.8. The number of carbonyl (C=O) groups excluding carboxylic acids is 2. The van der Waals surface area contributed by atoms with E-state index in [2.05, 4.69) is 4.98 Å². The van der Waals surface area contributed by atoms with Crippen LogP contribution in [0.2, 0.25) is 0 Å². The Bertz CT molecular complexity index is 714. The van der Waals surface area contributed by atoms with Crippen LogP contribution in [0.1, 0.15) is 25.9 Å². The van der Waals surface area contributed by atoms with Crippen molar-refractivity contribution in [3.05, 3.63) is 61.8 Å². The summed E-state index contributed by atoms with van der Waals surface area (Å²) < 4.78 is 0.713. The van der Waals surface area contributed by atoms with Crippen LogP contribution in [-0.4, -0.2) is 29.1 Å². The van der Waals surface area contributed by atoms with Gasteiger partial charge in [0.1, 0.15) is 5.69 Å². The number of thioether (sulfide) groups is 2. The van der Waals surface area contributed by atoms with E-state index in [9.17, 15) is 9.59 Å². The fourth-order valence-electron chi connectivity index (χ4n) is 1.91. The lowest BCUT2D eigenvalue weighted by atomic mass is 10.0. The third-order valence-electron chi connectivity index (χ3n) is 2.92. The van der Waals surface area contributed by atoms with Gasteiger partial charge in [-0.2, -0.15) is 0 Å². The lowest BCUT2D eigenvalue weighted by Gasteiger charge is -2.09. The largest absolute Gasteiger partial charge is 0.288 e. The molecule has 0 fully saturated rings. The van der Waals surface area contributed by atoms with Crippen molar-refractivity contribution in [3.8, 4) is 0 Å². The zero-order valence-electron chi connectivity index (χ0n) is 12.5. The molecule has 0 saturated carbocycles. The van der Waals surface area contributed by atoms with E-state index in [4.69, 9.17) is 0 Å². The van der Waals surface area contributed by atoms with Gasteiger partial charge in [0.05, 0.1) is 14.8 Å². The highest BCUT2D eigenvalue weighted by Gasteiger charge is 2.26. The molecule has 0 saturated heterocycles. The molecule has 2 rings (SSSR count). The van der Waals surface area contributed by atoms with Gasteiger partial charge in [0, 0.05) is 10.9 Å². The number of benzene rings is 1. The fourth-order valence-corrected chi connectivity index (χ4v) is 3.94. The van der Waals surface area contributed by atoms with Gasteiger partial charge < -0.3 is 0 Å². The topological polar surface area (TPSA) is 47.0 Å². The van der Waals surface area contributed by atoms with Crippen LogP contribution in [0.4, 0.5) is 0 Å². The first-order valence-corrected chi connectivity index (χ1v) is 9.80. The Hall–Kier alpha value is -1.37. The Morgan fingerprint density at radius 1 is 1.05 bits per heavy atom. The Labute approximate surface area is 142 Å². The number of Topliss-reactive ketones (excluding diaryl/α,β-unsaturated/α-hetero) is 2. The molecule has 1 aromatic carbocycles. The quantitative estimate of drug-likeness (QED) is 0.334. The van der Waals surface area contributed by atoms with Crippen LogP contribution in [0.15, 0.2) is 45.5 Å². The molecule has 22 heavy (non-hydrogen) atoms. The summed E-state index contributed by atoms with van der Waals surface area (Å²) in [5, 5.41) is 2.51. The van der Waals surface area contributed by atoms with Gasteiger partial charge in [0.2, 0.25) is 5.78 Å². The highest BCUT2D eigenvalue weighted by atomic mass is 32.2. The summed E-state index contributed by atoms with van der Waals surface area (Å²) >= 11 is 4.22. The third-order valence-corrected chi connectivity index (χ3v) is 5.84. The number of nitrogens with zero attached hydrogens (tertiary/aromatic N) is 1. The van der Waals surface area contributed by atoms with Gasteiger partial charge in [-0.05, 0) is 19.4 Å². The number of hydrogen-bond acceptors (Lipinski definition) is 6. The van der Waals surface area contributed by atoms with Gasteiger partial charge in [-0.1, -0.05) is 30.3 Å². The SMILES string of the molecule is CSC(SC)=C(C(=O)c1ccccc1)C(=O)c1csc(C)n1. The lowest BCUT2D eigenvalue weighted by Crippen LogP contribution is -2.15. The van der Waals surface area contributed by atoms with Crippen molar-refractivity contribution in [1.29, 1.82) is 0 Å². The Balaban J connectivity index is 2.51. The Kier molecular flexibility index (Phi) is 5.99. The predicted octanol–water partition coefficient (Wildman–Crippen LogP) is 4.45. The third kappa shape index (κ3) is 3.69. The Morgan fingerprint density at radius 2 is 1.68 bits per heavy atom. The summed E-state index contributed by atoms with van der Waals surface area (Å²) in [6.07, 6.45) is 3.73. The van der Waals surface area contributed by atoms with E-state index in [0.29, 0.717) is 15.5 Å². The summed E-state index contributed by atoms with van der Waals surface area (Å²) in [6.45, 7) is 1.84. The van der Waals surface area contributed by atoms with E-state index in [1.165, 1.54) is 34.9 Å². The average molecular weight is 350 g/mol. The monoisotopic (exact) mass is 349 g/mol. The van der Waals surface area contributed by atoms with Crippen molar-refractivity contribution in [3.63, 3.8) is 0 Å². The number of allylic oxidation sites excluding steroid dienone is 1. The van der Waals surface area contributed by atoms with Crippen molar-refractivity contribution in [2.24, 2.45) is 0 Å². The molecule has 0 aliphatic carbocycles. The average Bonchev–Trinajstić information content (AvgIpc) is 2.98. The first-order valence-electron chi connectivity index (χ1n) is 6.47. The van der Waals surface area contributed by atoms with Gasteiger partial charge >= 0.3 is 0 Å². The number of hydrogen-bond donors (Lipinski definition) is 0. The maximum Gasteiger partial charge on any atom is 0.217 e. The summed E-state index contributed by atoms with van der Waals surface area (Å²) in [5.74, 6) is -0.563. The van der Waals surface area contributed by atoms with Gasteiger partial charge in [0.15, 0.2) is 5.78 Å². The molecule has 1 aromatic heterocycles. The molecule has 1 heterocycles. The number of rotatable bonds is 6. The van der Waals surface area contributed by atoms with E-state index in [0.717, 1.165) is 5.01 Å². The number of aryl methyl sites for hydroxylation is 1. The van der Waals surface area contributed by atoms with Crippen molar-refractivity contribution in [2.75, 3.05) is 12.5 Å². The molecule has 0 atom stereocenters. The highest BCUT2D eigenvalue weighted by Crippen LogP contribution is 2.31. The van der Waals surface area contributed by atoms with E-state index in [1.807, 2.05) is 25.5 Å². The highest BCUT2D eigenvalue weighted by molar-refractivity contribution is 8.21.